The molecule has 0 bridgehead atoms. The molecule has 0 aromatic rings. The minimum absolute atomic E-state index is 0. The molecule has 0 N–H and O–H groups in total. The molecule has 8 heavy (non-hydrogen) atoms. The van der Waals surface area contributed by atoms with Crippen molar-refractivity contribution in [1.29, 1.82) is 0 Å². The Kier molecular flexibility index (Phi) is 16.1. The van der Waals surface area contributed by atoms with Gasteiger partial charge in [-0.25, -0.2) is 0 Å². The Hall–Kier alpha value is 1.05. The van der Waals surface area contributed by atoms with Gasteiger partial charge in [-0.15, -0.1) is 0 Å². The largest absolute Gasteiger partial charge is 2.00 e. The summed E-state index contributed by atoms with van der Waals surface area (Å²) in [5, 5.41) is 0. The van der Waals surface area contributed by atoms with Crippen LogP contribution < -0.4 is 0 Å². The molecule has 1 saturated carbocycles. The van der Waals surface area contributed by atoms with E-state index in [2.05, 4.69) is 13.3 Å². The summed E-state index contributed by atoms with van der Waals surface area (Å²) < 4.78 is 0. The fraction of sp³-hybridized carbons (Fsp3) is 0.714. The van der Waals surface area contributed by atoms with Crippen molar-refractivity contribution in [3.05, 3.63) is 13.3 Å². The molecule has 0 aliphatic heterocycles. The number of rotatable bonds is 0. The van der Waals surface area contributed by atoms with Gasteiger partial charge in [-0.3, -0.25) is 0 Å². The van der Waals surface area contributed by atoms with E-state index < -0.39 is 0 Å². The Balaban J connectivity index is 0. The van der Waals surface area contributed by atoms with Crippen LogP contribution in [0, 0.1) is 44.5 Å². The van der Waals surface area contributed by atoms with Crippen LogP contribution in [0.4, 0.5) is 0 Å². The number of hydrogen-bond acceptors (Lipinski definition) is 0. The maximum absolute atomic E-state index is 3.25. The molecule has 1 aliphatic rings. The molecule has 0 nitrogen and oxygen atoms in total. The first-order valence-corrected chi connectivity index (χ1v) is 3.02. The third-order valence-electron chi connectivity index (χ3n) is 1.07. The van der Waals surface area contributed by atoms with Crippen molar-refractivity contribution in [3.8, 4) is 0 Å². The quantitative estimate of drug-likeness (QED) is 0.597. The molecule has 0 saturated heterocycles. The standard InChI is InChI=1S/C5H9.C2H5.U/c1-2-4-5-3-1;1-2;/h1H,2-5H2;1H2,2H3;/q2*-1;+2. The summed E-state index contributed by atoms with van der Waals surface area (Å²) >= 11 is 0. The summed E-state index contributed by atoms with van der Waals surface area (Å²) in [7, 11) is 0. The van der Waals surface area contributed by atoms with Crippen molar-refractivity contribution < 1.29 is 31.1 Å². The molecule has 0 aromatic heterocycles. The van der Waals surface area contributed by atoms with Gasteiger partial charge in [0.25, 0.3) is 0 Å². The van der Waals surface area contributed by atoms with Crippen LogP contribution in [-0.2, 0) is 0 Å². The zero-order chi connectivity index (χ0) is 5.54. The molecule has 0 radical (unpaired) electrons. The Bertz CT molecular complexity index is 16.0. The van der Waals surface area contributed by atoms with Crippen molar-refractivity contribution in [2.75, 3.05) is 0 Å². The molecule has 1 rings (SSSR count). The Labute approximate surface area is 76.8 Å². The second-order valence-electron chi connectivity index (χ2n) is 1.57. The topological polar surface area (TPSA) is 0 Å². The van der Waals surface area contributed by atoms with Gasteiger partial charge >= 0.3 is 31.1 Å². The third kappa shape index (κ3) is 7.05. The van der Waals surface area contributed by atoms with Crippen molar-refractivity contribution >= 4 is 0 Å². The van der Waals surface area contributed by atoms with Gasteiger partial charge in [0.05, 0.1) is 0 Å². The maximum atomic E-state index is 3.25. The van der Waals surface area contributed by atoms with Crippen LogP contribution in [0.2, 0.25) is 0 Å². The van der Waals surface area contributed by atoms with E-state index in [9.17, 15) is 0 Å². The van der Waals surface area contributed by atoms with E-state index in [1.807, 2.05) is 0 Å². The predicted octanol–water partition coefficient (Wildman–Crippen LogP) is 2.61. The summed E-state index contributed by atoms with van der Waals surface area (Å²) in [6, 6.07) is 0. The van der Waals surface area contributed by atoms with E-state index in [1.54, 1.807) is 6.92 Å². The van der Waals surface area contributed by atoms with E-state index in [-0.39, 0.29) is 31.1 Å². The molecule has 0 amide bonds. The van der Waals surface area contributed by atoms with Gasteiger partial charge < -0.3 is 13.3 Å². The Morgan fingerprint density at radius 1 is 1.12 bits per heavy atom. The van der Waals surface area contributed by atoms with E-state index in [0.717, 1.165) is 0 Å². The van der Waals surface area contributed by atoms with Gasteiger partial charge in [-0.2, -0.15) is 19.8 Å². The summed E-state index contributed by atoms with van der Waals surface area (Å²) in [6.45, 7) is 5.00. The minimum atomic E-state index is 0. The van der Waals surface area contributed by atoms with Crippen LogP contribution in [0.25, 0.3) is 0 Å². The zero-order valence-electron chi connectivity index (χ0n) is 5.61. The van der Waals surface area contributed by atoms with E-state index in [1.165, 1.54) is 25.7 Å². The molecule has 1 fully saturated rings. The van der Waals surface area contributed by atoms with Crippen LogP contribution in [0.3, 0.4) is 0 Å². The first-order valence-electron chi connectivity index (χ1n) is 3.02. The Morgan fingerprint density at radius 3 is 1.62 bits per heavy atom. The molecule has 1 heteroatoms. The Morgan fingerprint density at radius 2 is 1.50 bits per heavy atom. The first kappa shape index (κ1) is 11.8. The van der Waals surface area contributed by atoms with Crippen LogP contribution in [0.5, 0.6) is 0 Å². The van der Waals surface area contributed by atoms with Gasteiger partial charge in [0.15, 0.2) is 0 Å². The van der Waals surface area contributed by atoms with Crippen molar-refractivity contribution in [1.82, 2.24) is 0 Å². The monoisotopic (exact) mass is 336 g/mol. The van der Waals surface area contributed by atoms with Gasteiger partial charge in [-0.05, 0) is 0 Å². The van der Waals surface area contributed by atoms with Crippen LogP contribution in [0.1, 0.15) is 32.6 Å². The SMILES string of the molecule is [CH-]1CCCC1.[CH2-]C.[U+2]. The van der Waals surface area contributed by atoms with Crippen LogP contribution in [0.15, 0.2) is 0 Å². The molecular weight excluding hydrogens is 322 g/mol. The third-order valence-corrected chi connectivity index (χ3v) is 1.07. The second kappa shape index (κ2) is 10.9. The molecule has 0 heterocycles. The van der Waals surface area contributed by atoms with Gasteiger partial charge in [0.2, 0.25) is 0 Å². The van der Waals surface area contributed by atoms with E-state index >= 15 is 0 Å². The molecule has 0 spiro atoms. The molecular formula is C7H14U. The fourth-order valence-electron chi connectivity index (χ4n) is 0.722. The van der Waals surface area contributed by atoms with Gasteiger partial charge in [0, 0.05) is 0 Å². The van der Waals surface area contributed by atoms with E-state index in [0.29, 0.717) is 0 Å². The smallest absolute Gasteiger partial charge is 0.346 e. The fourth-order valence-corrected chi connectivity index (χ4v) is 0.722. The average molecular weight is 336 g/mol. The molecule has 0 aromatic carbocycles. The second-order valence-corrected chi connectivity index (χ2v) is 1.57. The van der Waals surface area contributed by atoms with E-state index in [4.69, 9.17) is 0 Å². The molecule has 0 atom stereocenters. The van der Waals surface area contributed by atoms with Crippen molar-refractivity contribution in [2.24, 2.45) is 0 Å². The summed E-state index contributed by atoms with van der Waals surface area (Å²) in [4.78, 5) is 0. The normalized spacial score (nSPS) is 15.8. The number of hydrogen-bond donors (Lipinski definition) is 0. The van der Waals surface area contributed by atoms with Gasteiger partial charge in [-0.1, -0.05) is 12.8 Å². The molecule has 46 valence electrons. The van der Waals surface area contributed by atoms with Crippen LogP contribution >= 0.6 is 0 Å². The van der Waals surface area contributed by atoms with Crippen molar-refractivity contribution in [3.63, 3.8) is 0 Å². The summed E-state index contributed by atoms with van der Waals surface area (Å²) in [5.41, 5.74) is 0. The summed E-state index contributed by atoms with van der Waals surface area (Å²) in [6.07, 6.45) is 8.00. The maximum Gasteiger partial charge on any atom is 2.00 e. The predicted molar refractivity (Wildman–Crippen MR) is 33.8 cm³/mol. The zero-order valence-corrected chi connectivity index (χ0v) is 9.78. The van der Waals surface area contributed by atoms with Crippen LogP contribution in [-0.4, -0.2) is 0 Å². The summed E-state index contributed by atoms with van der Waals surface area (Å²) in [5.74, 6) is 0. The average Bonchev–Trinajstić information content (AvgIpc) is 2.23. The minimum Gasteiger partial charge on any atom is -0.346 e. The molecule has 0 unspecified atom stereocenters. The molecule has 1 aliphatic carbocycles. The van der Waals surface area contributed by atoms with Crippen molar-refractivity contribution in [2.45, 2.75) is 32.6 Å². The van der Waals surface area contributed by atoms with Gasteiger partial charge in [0.1, 0.15) is 0 Å². The first-order chi connectivity index (χ1) is 3.50.